The molecule has 0 aromatic heterocycles. The van der Waals surface area contributed by atoms with E-state index in [2.05, 4.69) is 4.85 Å². The van der Waals surface area contributed by atoms with Crippen LogP contribution in [-0.2, 0) is 9.59 Å². The highest BCUT2D eigenvalue weighted by atomic mass is 16.4. The van der Waals surface area contributed by atoms with Gasteiger partial charge in [0.1, 0.15) is 0 Å². The minimum absolute atomic E-state index is 0.0715. The zero-order valence-electron chi connectivity index (χ0n) is 17.9. The van der Waals surface area contributed by atoms with E-state index in [0.29, 0.717) is 0 Å². The van der Waals surface area contributed by atoms with Gasteiger partial charge >= 0.3 is 5.97 Å². The Morgan fingerprint density at radius 1 is 1.06 bits per heavy atom. The first-order chi connectivity index (χ1) is 15.3. The molecule has 1 N–H and O–H groups in total. The first kappa shape index (κ1) is 22.2. The van der Waals surface area contributed by atoms with Crippen LogP contribution in [0.2, 0.25) is 0 Å². The SMILES string of the molecule is [C-]#[N+]C1=C(C)/C(=C/C=Cc2ccc(N(C)C)cc2)C(=O)N(c2ccccc2C(=O)O)C1=O. The van der Waals surface area contributed by atoms with Crippen molar-refractivity contribution in [3.63, 3.8) is 0 Å². The third kappa shape index (κ3) is 4.20. The van der Waals surface area contributed by atoms with Gasteiger partial charge in [-0.1, -0.05) is 42.5 Å². The number of carbonyl (C=O) groups excluding carboxylic acids is 2. The molecule has 0 spiro atoms. The molecule has 7 nitrogen and oxygen atoms in total. The lowest BCUT2D eigenvalue weighted by Gasteiger charge is -2.28. The van der Waals surface area contributed by atoms with E-state index in [1.807, 2.05) is 43.3 Å². The third-order valence-corrected chi connectivity index (χ3v) is 5.05. The molecule has 2 aromatic carbocycles. The van der Waals surface area contributed by atoms with Crippen molar-refractivity contribution < 1.29 is 19.5 Å². The average molecular weight is 427 g/mol. The molecule has 0 atom stereocenters. The number of allylic oxidation sites excluding steroid dienone is 2. The number of imide groups is 1. The molecule has 0 saturated heterocycles. The molecule has 0 fully saturated rings. The molecule has 0 radical (unpaired) electrons. The molecule has 0 bridgehead atoms. The smallest absolute Gasteiger partial charge is 0.337 e. The van der Waals surface area contributed by atoms with Crippen molar-refractivity contribution >= 4 is 35.2 Å². The van der Waals surface area contributed by atoms with Crippen molar-refractivity contribution in [2.45, 2.75) is 6.92 Å². The Morgan fingerprint density at radius 3 is 2.31 bits per heavy atom. The Balaban J connectivity index is 2.03. The van der Waals surface area contributed by atoms with Crippen LogP contribution in [0.4, 0.5) is 11.4 Å². The molecule has 0 unspecified atom stereocenters. The Morgan fingerprint density at radius 2 is 1.72 bits per heavy atom. The first-order valence-electron chi connectivity index (χ1n) is 9.71. The lowest BCUT2D eigenvalue weighted by molar-refractivity contribution is -0.123. The van der Waals surface area contributed by atoms with Gasteiger partial charge in [-0.2, -0.15) is 0 Å². The summed E-state index contributed by atoms with van der Waals surface area (Å²) in [6.45, 7) is 8.95. The summed E-state index contributed by atoms with van der Waals surface area (Å²) in [6.07, 6.45) is 5.00. The Bertz CT molecular complexity index is 1230. The Hall–Kier alpha value is -4.44. The van der Waals surface area contributed by atoms with Crippen molar-refractivity contribution in [1.82, 2.24) is 0 Å². The molecule has 1 aliphatic heterocycles. The molecule has 2 amide bonds. The van der Waals surface area contributed by atoms with Gasteiger partial charge in [0, 0.05) is 25.4 Å². The molecule has 2 aromatic rings. The maximum atomic E-state index is 13.2. The van der Waals surface area contributed by atoms with E-state index in [0.717, 1.165) is 16.2 Å². The van der Waals surface area contributed by atoms with Crippen molar-refractivity contribution in [3.05, 3.63) is 100 Å². The minimum atomic E-state index is -1.27. The number of hydrogen-bond donors (Lipinski definition) is 1. The van der Waals surface area contributed by atoms with Gasteiger partial charge in [0.05, 0.1) is 17.8 Å². The van der Waals surface area contributed by atoms with Gasteiger partial charge in [0.2, 0.25) is 0 Å². The number of hydrogen-bond acceptors (Lipinski definition) is 4. The highest BCUT2D eigenvalue weighted by molar-refractivity contribution is 6.31. The zero-order chi connectivity index (χ0) is 23.4. The zero-order valence-corrected chi connectivity index (χ0v) is 17.9. The lowest BCUT2D eigenvalue weighted by atomic mass is 9.97. The van der Waals surface area contributed by atoms with E-state index in [1.54, 1.807) is 12.2 Å². The van der Waals surface area contributed by atoms with Gasteiger partial charge in [-0.15, -0.1) is 0 Å². The van der Waals surface area contributed by atoms with Crippen LogP contribution in [0.3, 0.4) is 0 Å². The molecule has 7 heteroatoms. The summed E-state index contributed by atoms with van der Waals surface area (Å²) in [6, 6.07) is 13.5. The van der Waals surface area contributed by atoms with Crippen LogP contribution in [0.25, 0.3) is 10.9 Å². The molecule has 0 aliphatic carbocycles. The van der Waals surface area contributed by atoms with Crippen molar-refractivity contribution in [2.24, 2.45) is 0 Å². The largest absolute Gasteiger partial charge is 0.478 e. The topological polar surface area (TPSA) is 82.3 Å². The average Bonchev–Trinajstić information content (AvgIpc) is 2.77. The fourth-order valence-corrected chi connectivity index (χ4v) is 3.30. The van der Waals surface area contributed by atoms with Gasteiger partial charge in [-0.05, 0) is 42.3 Å². The molecule has 1 aliphatic rings. The van der Waals surface area contributed by atoms with Crippen LogP contribution < -0.4 is 9.80 Å². The summed E-state index contributed by atoms with van der Waals surface area (Å²) in [5.41, 5.74) is 1.87. The van der Waals surface area contributed by atoms with E-state index >= 15 is 0 Å². The Labute approximate surface area is 186 Å². The number of amides is 2. The molecule has 32 heavy (non-hydrogen) atoms. The van der Waals surface area contributed by atoms with Crippen LogP contribution >= 0.6 is 0 Å². The maximum Gasteiger partial charge on any atom is 0.337 e. The summed E-state index contributed by atoms with van der Waals surface area (Å²) >= 11 is 0. The summed E-state index contributed by atoms with van der Waals surface area (Å²) in [4.78, 5) is 43.8. The normalized spacial score (nSPS) is 15.4. The summed E-state index contributed by atoms with van der Waals surface area (Å²) in [7, 11) is 3.90. The summed E-state index contributed by atoms with van der Waals surface area (Å²) in [5, 5.41) is 9.48. The van der Waals surface area contributed by atoms with Gasteiger partial charge in [0.15, 0.2) is 0 Å². The van der Waals surface area contributed by atoms with Gasteiger partial charge < -0.3 is 10.0 Å². The fraction of sp³-hybridized carbons (Fsp3) is 0.120. The summed E-state index contributed by atoms with van der Waals surface area (Å²) < 4.78 is 0. The fourth-order valence-electron chi connectivity index (χ4n) is 3.30. The van der Waals surface area contributed by atoms with Gasteiger partial charge in [0.25, 0.3) is 17.5 Å². The third-order valence-electron chi connectivity index (χ3n) is 5.05. The van der Waals surface area contributed by atoms with Crippen molar-refractivity contribution in [3.8, 4) is 0 Å². The van der Waals surface area contributed by atoms with E-state index in [-0.39, 0.29) is 28.1 Å². The number of carbonyl (C=O) groups is 3. The number of aromatic carboxylic acids is 1. The molecular formula is C25H21N3O4. The van der Waals surface area contributed by atoms with E-state index in [9.17, 15) is 19.5 Å². The number of carboxylic acid groups (broad SMARTS) is 1. The molecule has 160 valence electrons. The van der Waals surface area contributed by atoms with Crippen LogP contribution in [0.15, 0.2) is 77.5 Å². The minimum Gasteiger partial charge on any atom is -0.478 e. The quantitative estimate of drug-likeness (QED) is 0.440. The molecule has 3 rings (SSSR count). The van der Waals surface area contributed by atoms with Crippen LogP contribution in [0.5, 0.6) is 0 Å². The highest BCUT2D eigenvalue weighted by Crippen LogP contribution is 2.32. The first-order valence-corrected chi connectivity index (χ1v) is 9.71. The number of para-hydroxylation sites is 1. The second-order valence-corrected chi connectivity index (χ2v) is 7.28. The number of anilines is 2. The predicted molar refractivity (Wildman–Crippen MR) is 123 cm³/mol. The molecule has 0 saturated carbocycles. The number of carboxylic acids is 1. The molecule has 1 heterocycles. The summed E-state index contributed by atoms with van der Waals surface area (Å²) in [5.74, 6) is -2.79. The number of benzene rings is 2. The molecular weight excluding hydrogens is 406 g/mol. The Kier molecular flexibility index (Phi) is 6.36. The lowest BCUT2D eigenvalue weighted by Crippen LogP contribution is -2.43. The monoisotopic (exact) mass is 427 g/mol. The maximum absolute atomic E-state index is 13.2. The number of nitrogens with zero attached hydrogens (tertiary/aromatic N) is 3. The van der Waals surface area contributed by atoms with Crippen LogP contribution in [0, 0.1) is 6.57 Å². The van der Waals surface area contributed by atoms with Gasteiger partial charge in [-0.3, -0.25) is 14.5 Å². The predicted octanol–water partition coefficient (Wildman–Crippen LogP) is 4.16. The highest BCUT2D eigenvalue weighted by Gasteiger charge is 2.38. The standard InChI is InChI=1S/C25H21N3O4/c1-16-19(10-7-8-17-12-14-18(15-13-17)27(3)4)23(29)28(24(30)22(16)26-2)21-11-6-5-9-20(21)25(31)32/h5-15H,1,3-4H3,(H,31,32)/b8-7?,19-10-. The number of rotatable bonds is 5. The van der Waals surface area contributed by atoms with Crippen molar-refractivity contribution in [2.75, 3.05) is 23.9 Å². The van der Waals surface area contributed by atoms with Crippen LogP contribution in [0.1, 0.15) is 22.8 Å². The second kappa shape index (κ2) is 9.14. The van der Waals surface area contributed by atoms with Crippen LogP contribution in [-0.4, -0.2) is 37.0 Å². The van der Waals surface area contributed by atoms with Gasteiger partial charge in [-0.25, -0.2) is 9.64 Å². The van der Waals surface area contributed by atoms with E-state index in [4.69, 9.17) is 6.57 Å². The van der Waals surface area contributed by atoms with E-state index < -0.39 is 17.8 Å². The van der Waals surface area contributed by atoms with Crippen molar-refractivity contribution in [1.29, 1.82) is 0 Å². The van der Waals surface area contributed by atoms with E-state index in [1.165, 1.54) is 37.3 Å². The second-order valence-electron chi connectivity index (χ2n) is 7.28.